The number of halogens is 4. The molecule has 0 saturated carbocycles. The zero-order valence-corrected chi connectivity index (χ0v) is 18.4. The van der Waals surface area contributed by atoms with Crippen molar-refractivity contribution in [1.29, 1.82) is 0 Å². The minimum atomic E-state index is -5.55. The molecule has 1 aromatic heterocycles. The maximum absolute atomic E-state index is 13.1. The average molecular weight is 498 g/mol. The smallest absolute Gasteiger partial charge is 0.325 e. The van der Waals surface area contributed by atoms with Gasteiger partial charge in [-0.3, -0.25) is 9.78 Å². The summed E-state index contributed by atoms with van der Waals surface area (Å²) < 4.78 is 61.4. The van der Waals surface area contributed by atoms with E-state index >= 15 is 0 Å². The predicted molar refractivity (Wildman–Crippen MR) is 115 cm³/mol. The molecule has 2 heterocycles. The third-order valence-electron chi connectivity index (χ3n) is 5.42. The highest BCUT2D eigenvalue weighted by Crippen LogP contribution is 2.35. The van der Waals surface area contributed by atoms with Gasteiger partial charge in [-0.2, -0.15) is 13.2 Å². The molecule has 0 spiro atoms. The first-order valence-corrected chi connectivity index (χ1v) is 11.4. The van der Waals surface area contributed by atoms with Gasteiger partial charge in [-0.25, -0.2) is 18.1 Å². The summed E-state index contributed by atoms with van der Waals surface area (Å²) in [6.07, 6.45) is 1.56. The van der Waals surface area contributed by atoms with E-state index < -0.39 is 44.1 Å². The van der Waals surface area contributed by atoms with Gasteiger partial charge in [0.05, 0.1) is 21.1 Å². The number of amides is 3. The Bertz CT molecular complexity index is 1370. The van der Waals surface area contributed by atoms with Crippen LogP contribution in [0.1, 0.15) is 18.4 Å². The summed E-state index contributed by atoms with van der Waals surface area (Å²) in [4.78, 5) is 29.7. The maximum atomic E-state index is 13.1. The Morgan fingerprint density at radius 3 is 2.39 bits per heavy atom. The minimum absolute atomic E-state index is 0.0639. The quantitative estimate of drug-likeness (QED) is 0.539. The van der Waals surface area contributed by atoms with Gasteiger partial charge in [0.25, 0.3) is 15.7 Å². The number of alkyl halides is 3. The van der Waals surface area contributed by atoms with Gasteiger partial charge in [0.1, 0.15) is 6.04 Å². The Balaban J connectivity index is 1.65. The van der Waals surface area contributed by atoms with E-state index in [-0.39, 0.29) is 5.69 Å². The van der Waals surface area contributed by atoms with Crippen LogP contribution in [0.2, 0.25) is 5.02 Å². The summed E-state index contributed by atoms with van der Waals surface area (Å²) in [5, 5.41) is 3.64. The number of nitrogens with one attached hydrogen (secondary N) is 1. The van der Waals surface area contributed by atoms with Crippen molar-refractivity contribution in [2.24, 2.45) is 0 Å². The van der Waals surface area contributed by atoms with Crippen LogP contribution in [0.3, 0.4) is 0 Å². The van der Waals surface area contributed by atoms with E-state index in [0.717, 1.165) is 17.0 Å². The Morgan fingerprint density at radius 2 is 1.76 bits per heavy atom. The molecule has 1 aliphatic rings. The van der Waals surface area contributed by atoms with E-state index in [1.807, 2.05) is 0 Å². The number of pyridine rings is 1. The first-order valence-electron chi connectivity index (χ1n) is 9.52. The number of anilines is 1. The largest absolute Gasteiger partial charge is 0.501 e. The minimum Gasteiger partial charge on any atom is -0.325 e. The molecule has 3 amide bonds. The second-order valence-corrected chi connectivity index (χ2v) is 9.72. The molecule has 0 aliphatic carbocycles. The maximum Gasteiger partial charge on any atom is 0.501 e. The lowest BCUT2D eigenvalue weighted by Crippen LogP contribution is -2.35. The summed E-state index contributed by atoms with van der Waals surface area (Å²) in [5.41, 5.74) is -4.24. The SMILES string of the molecule is CC(c1ccnc2cccc(Cl)c12)C1NC(=O)N(c2ccc(S(=O)(=O)C(F)(F)F)cc2)C1=O. The number of benzene rings is 2. The van der Waals surface area contributed by atoms with Crippen LogP contribution in [-0.4, -0.2) is 36.9 Å². The van der Waals surface area contributed by atoms with Crippen molar-refractivity contribution in [3.63, 3.8) is 0 Å². The molecule has 12 heteroatoms. The lowest BCUT2D eigenvalue weighted by atomic mass is 9.90. The third-order valence-corrected chi connectivity index (χ3v) is 7.23. The van der Waals surface area contributed by atoms with Crippen LogP contribution in [0, 0.1) is 0 Å². The van der Waals surface area contributed by atoms with Crippen LogP contribution < -0.4 is 10.2 Å². The van der Waals surface area contributed by atoms with Crippen LogP contribution in [0.25, 0.3) is 10.9 Å². The van der Waals surface area contributed by atoms with Gasteiger partial charge in [-0.05, 0) is 48.0 Å². The summed E-state index contributed by atoms with van der Waals surface area (Å²) >= 11 is 6.33. The van der Waals surface area contributed by atoms with Crippen LogP contribution in [0.4, 0.5) is 23.7 Å². The lowest BCUT2D eigenvalue weighted by Gasteiger charge is -2.20. The molecule has 2 aromatic carbocycles. The van der Waals surface area contributed by atoms with E-state index in [9.17, 15) is 31.2 Å². The average Bonchev–Trinajstić information content (AvgIpc) is 3.06. The van der Waals surface area contributed by atoms with Gasteiger partial charge in [-0.15, -0.1) is 0 Å². The summed E-state index contributed by atoms with van der Waals surface area (Å²) in [7, 11) is -5.55. The fourth-order valence-corrected chi connectivity index (χ4v) is 4.78. The van der Waals surface area contributed by atoms with Crippen molar-refractivity contribution in [2.45, 2.75) is 29.3 Å². The molecule has 33 heavy (non-hydrogen) atoms. The summed E-state index contributed by atoms with van der Waals surface area (Å²) in [5.74, 6) is -1.17. The van der Waals surface area contributed by atoms with E-state index in [1.54, 1.807) is 37.4 Å². The molecular formula is C21H15ClF3N3O4S. The molecule has 2 unspecified atom stereocenters. The van der Waals surface area contributed by atoms with Crippen molar-refractivity contribution < 1.29 is 31.2 Å². The second-order valence-electron chi connectivity index (χ2n) is 7.37. The van der Waals surface area contributed by atoms with Crippen molar-refractivity contribution in [1.82, 2.24) is 10.3 Å². The molecule has 172 valence electrons. The molecule has 1 aliphatic heterocycles. The number of fused-ring (bicyclic) bond motifs is 1. The normalized spacial score (nSPS) is 18.0. The number of imide groups is 1. The fourth-order valence-electron chi connectivity index (χ4n) is 3.74. The Hall–Kier alpha value is -3.18. The van der Waals surface area contributed by atoms with Crippen molar-refractivity contribution >= 4 is 50.0 Å². The zero-order valence-electron chi connectivity index (χ0n) is 16.8. The Morgan fingerprint density at radius 1 is 1.09 bits per heavy atom. The van der Waals surface area contributed by atoms with Gasteiger partial charge in [0.2, 0.25) is 0 Å². The molecule has 3 aromatic rings. The molecule has 4 rings (SSSR count). The van der Waals surface area contributed by atoms with Gasteiger partial charge in [-0.1, -0.05) is 24.6 Å². The van der Waals surface area contributed by atoms with Crippen LogP contribution in [-0.2, 0) is 14.6 Å². The summed E-state index contributed by atoms with van der Waals surface area (Å²) in [6.45, 7) is 1.73. The van der Waals surface area contributed by atoms with Gasteiger partial charge in [0, 0.05) is 17.5 Å². The molecule has 0 bridgehead atoms. The van der Waals surface area contributed by atoms with Crippen LogP contribution in [0.5, 0.6) is 0 Å². The number of carbonyl (C=O) groups is 2. The lowest BCUT2D eigenvalue weighted by molar-refractivity contribution is -0.118. The number of carbonyl (C=O) groups excluding carboxylic acids is 2. The number of aromatic nitrogens is 1. The number of nitrogens with zero attached hydrogens (tertiary/aromatic N) is 2. The highest BCUT2D eigenvalue weighted by atomic mass is 35.5. The number of hydrogen-bond donors (Lipinski definition) is 1. The zero-order chi connectivity index (χ0) is 24.1. The fraction of sp³-hybridized carbons (Fsp3) is 0.190. The highest BCUT2D eigenvalue weighted by Gasteiger charge is 2.47. The van der Waals surface area contributed by atoms with E-state index in [0.29, 0.717) is 33.6 Å². The Labute approximate surface area is 191 Å². The number of urea groups is 1. The second kappa shape index (κ2) is 7.99. The van der Waals surface area contributed by atoms with Gasteiger partial charge >= 0.3 is 11.5 Å². The number of hydrogen-bond acceptors (Lipinski definition) is 5. The molecule has 7 nitrogen and oxygen atoms in total. The summed E-state index contributed by atoms with van der Waals surface area (Å²) in [6, 6.07) is 8.44. The molecule has 1 fully saturated rings. The molecule has 1 saturated heterocycles. The van der Waals surface area contributed by atoms with Crippen LogP contribution >= 0.6 is 11.6 Å². The molecule has 1 N–H and O–H groups in total. The first kappa shape index (κ1) is 23.0. The molecular weight excluding hydrogens is 483 g/mol. The standard InChI is InChI=1S/C21H15ClF3N3O4S/c1-11(14-9-10-26-16-4-2-3-15(22)17(14)16)18-19(29)28(20(30)27-18)12-5-7-13(8-6-12)33(31,32)21(23,24)25/h2-11,18H,1H3,(H,27,30). The topological polar surface area (TPSA) is 96.4 Å². The predicted octanol–water partition coefficient (Wildman–Crippen LogP) is 4.41. The Kier molecular flexibility index (Phi) is 5.57. The first-order chi connectivity index (χ1) is 15.4. The third kappa shape index (κ3) is 3.80. The van der Waals surface area contributed by atoms with E-state index in [2.05, 4.69) is 10.3 Å². The van der Waals surface area contributed by atoms with Crippen LogP contribution in [0.15, 0.2) is 59.6 Å². The monoisotopic (exact) mass is 497 g/mol. The van der Waals surface area contributed by atoms with E-state index in [1.165, 1.54) is 0 Å². The van der Waals surface area contributed by atoms with Crippen molar-refractivity contribution in [3.05, 3.63) is 65.3 Å². The van der Waals surface area contributed by atoms with Gasteiger partial charge in [0.15, 0.2) is 0 Å². The van der Waals surface area contributed by atoms with Crippen molar-refractivity contribution in [3.8, 4) is 0 Å². The van der Waals surface area contributed by atoms with Crippen molar-refractivity contribution in [2.75, 3.05) is 4.90 Å². The van der Waals surface area contributed by atoms with E-state index in [4.69, 9.17) is 11.6 Å². The molecule has 2 atom stereocenters. The molecule has 0 radical (unpaired) electrons. The highest BCUT2D eigenvalue weighted by molar-refractivity contribution is 7.92. The van der Waals surface area contributed by atoms with Gasteiger partial charge < -0.3 is 5.32 Å². The number of rotatable bonds is 4. The number of sulfone groups is 1.